The zero-order chi connectivity index (χ0) is 17.1. The highest BCUT2D eigenvalue weighted by Gasteiger charge is 2.12. The number of aromatic nitrogens is 2. The van der Waals surface area contributed by atoms with Gasteiger partial charge in [-0.2, -0.15) is 0 Å². The summed E-state index contributed by atoms with van der Waals surface area (Å²) in [7, 11) is 0. The molecule has 0 saturated heterocycles. The second-order valence-corrected chi connectivity index (χ2v) is 5.81. The Morgan fingerprint density at radius 2 is 2.00 bits per heavy atom. The van der Waals surface area contributed by atoms with Gasteiger partial charge in [0.25, 0.3) is 0 Å². The Labute approximate surface area is 141 Å². The lowest BCUT2D eigenvalue weighted by Crippen LogP contribution is -2.10. The lowest BCUT2D eigenvalue weighted by molar-refractivity contribution is 0.0696. The molecule has 5 heteroatoms. The number of aromatic carboxylic acids is 1. The average Bonchev–Trinajstić information content (AvgIpc) is 2.92. The monoisotopic (exact) mass is 323 g/mol. The third-order valence-corrected chi connectivity index (χ3v) is 4.18. The molecule has 3 aromatic rings. The van der Waals surface area contributed by atoms with Crippen molar-refractivity contribution in [3.05, 3.63) is 59.4 Å². The van der Waals surface area contributed by atoms with Crippen molar-refractivity contribution < 1.29 is 9.90 Å². The summed E-state index contributed by atoms with van der Waals surface area (Å²) in [6, 6.07) is 13.4. The van der Waals surface area contributed by atoms with E-state index in [4.69, 9.17) is 4.98 Å². The van der Waals surface area contributed by atoms with E-state index in [0.29, 0.717) is 12.1 Å². The number of fused-ring (bicyclic) bond motifs is 1. The minimum Gasteiger partial charge on any atom is -0.478 e. The molecule has 0 aliphatic rings. The number of hydrogen-bond acceptors (Lipinski definition) is 3. The minimum atomic E-state index is -0.908. The Kier molecular flexibility index (Phi) is 4.51. The summed E-state index contributed by atoms with van der Waals surface area (Å²) in [5.74, 6) is 0.0487. The Balaban J connectivity index is 1.90. The molecule has 0 fully saturated rings. The largest absolute Gasteiger partial charge is 0.478 e. The summed E-state index contributed by atoms with van der Waals surface area (Å²) >= 11 is 0. The predicted molar refractivity (Wildman–Crippen MR) is 95.5 cm³/mol. The Hall–Kier alpha value is -2.82. The standard InChI is InChI=1S/C19H21N3O2/c1-3-11-22-17-10-5-4-8-16(17)21-18(22)12-20-15-9-6-7-14(13(15)2)19(23)24/h4-10,20H,3,11-12H2,1-2H3,(H,23,24). The van der Waals surface area contributed by atoms with E-state index < -0.39 is 5.97 Å². The van der Waals surface area contributed by atoms with Crippen LogP contribution < -0.4 is 5.32 Å². The maximum atomic E-state index is 11.3. The molecule has 2 aromatic carbocycles. The number of nitrogens with one attached hydrogen (secondary N) is 1. The third kappa shape index (κ3) is 2.97. The molecule has 3 rings (SSSR count). The van der Waals surface area contributed by atoms with Gasteiger partial charge in [-0.15, -0.1) is 0 Å². The van der Waals surface area contributed by atoms with Gasteiger partial charge >= 0.3 is 5.97 Å². The molecule has 0 aliphatic carbocycles. The number of anilines is 1. The molecule has 0 atom stereocenters. The summed E-state index contributed by atoms with van der Waals surface area (Å²) in [4.78, 5) is 16.0. The zero-order valence-corrected chi connectivity index (χ0v) is 13.9. The molecule has 1 aromatic heterocycles. The molecule has 0 saturated carbocycles. The molecule has 2 N–H and O–H groups in total. The SMILES string of the molecule is CCCn1c(CNc2cccc(C(=O)O)c2C)nc2ccccc21. The number of imidazole rings is 1. The van der Waals surface area contributed by atoms with Crippen molar-refractivity contribution in [3.8, 4) is 0 Å². The van der Waals surface area contributed by atoms with Crippen LogP contribution in [0.15, 0.2) is 42.5 Å². The first-order chi connectivity index (χ1) is 11.6. The van der Waals surface area contributed by atoms with E-state index in [9.17, 15) is 9.90 Å². The van der Waals surface area contributed by atoms with Crippen LogP contribution in [0.3, 0.4) is 0 Å². The molecular formula is C19H21N3O2. The molecule has 0 amide bonds. The first-order valence-corrected chi connectivity index (χ1v) is 8.12. The van der Waals surface area contributed by atoms with Crippen molar-refractivity contribution in [1.82, 2.24) is 9.55 Å². The van der Waals surface area contributed by atoms with E-state index in [1.165, 1.54) is 0 Å². The summed E-state index contributed by atoms with van der Waals surface area (Å²) in [6.45, 7) is 5.43. The lowest BCUT2D eigenvalue weighted by atomic mass is 10.1. The maximum absolute atomic E-state index is 11.3. The smallest absolute Gasteiger partial charge is 0.336 e. The number of aryl methyl sites for hydroxylation is 1. The van der Waals surface area contributed by atoms with E-state index in [-0.39, 0.29) is 0 Å². The maximum Gasteiger partial charge on any atom is 0.336 e. The first kappa shape index (κ1) is 16.1. The fourth-order valence-electron chi connectivity index (χ4n) is 2.97. The number of benzene rings is 2. The van der Waals surface area contributed by atoms with Crippen LogP contribution in [0.4, 0.5) is 5.69 Å². The zero-order valence-electron chi connectivity index (χ0n) is 13.9. The van der Waals surface area contributed by atoms with Crippen LogP contribution in [0, 0.1) is 6.92 Å². The number of carboxylic acids is 1. The van der Waals surface area contributed by atoms with Gasteiger partial charge < -0.3 is 15.0 Å². The van der Waals surface area contributed by atoms with Crippen LogP contribution in [0.25, 0.3) is 11.0 Å². The van der Waals surface area contributed by atoms with Crippen LogP contribution >= 0.6 is 0 Å². The third-order valence-electron chi connectivity index (χ3n) is 4.18. The Bertz CT molecular complexity index is 883. The van der Waals surface area contributed by atoms with E-state index in [1.807, 2.05) is 31.2 Å². The highest BCUT2D eigenvalue weighted by Crippen LogP contribution is 2.21. The van der Waals surface area contributed by atoms with E-state index in [1.54, 1.807) is 12.1 Å². The van der Waals surface area contributed by atoms with Gasteiger partial charge in [0.15, 0.2) is 0 Å². The van der Waals surface area contributed by atoms with Crippen molar-refractivity contribution >= 4 is 22.7 Å². The van der Waals surface area contributed by atoms with Crippen molar-refractivity contribution in [3.63, 3.8) is 0 Å². The number of hydrogen-bond donors (Lipinski definition) is 2. The van der Waals surface area contributed by atoms with Crippen LogP contribution in [-0.4, -0.2) is 20.6 Å². The highest BCUT2D eigenvalue weighted by molar-refractivity contribution is 5.91. The quantitative estimate of drug-likeness (QED) is 0.718. The second-order valence-electron chi connectivity index (χ2n) is 5.81. The van der Waals surface area contributed by atoms with Crippen molar-refractivity contribution in [1.29, 1.82) is 0 Å². The first-order valence-electron chi connectivity index (χ1n) is 8.12. The molecule has 0 aliphatic heterocycles. The molecule has 0 unspecified atom stereocenters. The molecule has 1 heterocycles. The number of rotatable bonds is 6. The molecule has 0 bridgehead atoms. The van der Waals surface area contributed by atoms with Crippen molar-refractivity contribution in [2.45, 2.75) is 33.4 Å². The lowest BCUT2D eigenvalue weighted by Gasteiger charge is -2.13. The molecule has 124 valence electrons. The van der Waals surface area contributed by atoms with Gasteiger partial charge in [-0.1, -0.05) is 25.1 Å². The molecule has 0 radical (unpaired) electrons. The molecule has 24 heavy (non-hydrogen) atoms. The van der Waals surface area contributed by atoms with Crippen LogP contribution in [0.2, 0.25) is 0 Å². The summed E-state index contributed by atoms with van der Waals surface area (Å²) in [6.07, 6.45) is 1.03. The summed E-state index contributed by atoms with van der Waals surface area (Å²) in [5.41, 5.74) is 4.00. The normalized spacial score (nSPS) is 10.9. The van der Waals surface area contributed by atoms with Crippen LogP contribution in [0.5, 0.6) is 0 Å². The predicted octanol–water partition coefficient (Wildman–Crippen LogP) is 4.07. The van der Waals surface area contributed by atoms with Crippen LogP contribution in [0.1, 0.15) is 35.1 Å². The number of carbonyl (C=O) groups is 1. The number of carboxylic acid groups (broad SMARTS) is 1. The molecule has 5 nitrogen and oxygen atoms in total. The number of nitrogens with zero attached hydrogens (tertiary/aromatic N) is 2. The van der Waals surface area contributed by atoms with Gasteiger partial charge in [-0.05, 0) is 43.2 Å². The Morgan fingerprint density at radius 3 is 2.75 bits per heavy atom. The fourth-order valence-corrected chi connectivity index (χ4v) is 2.97. The second kappa shape index (κ2) is 6.74. The topological polar surface area (TPSA) is 67.2 Å². The number of para-hydroxylation sites is 2. The van der Waals surface area contributed by atoms with Gasteiger partial charge in [-0.3, -0.25) is 0 Å². The molecular weight excluding hydrogens is 302 g/mol. The van der Waals surface area contributed by atoms with E-state index >= 15 is 0 Å². The molecule has 0 spiro atoms. The summed E-state index contributed by atoms with van der Waals surface area (Å²) in [5, 5.41) is 12.6. The van der Waals surface area contributed by atoms with E-state index in [0.717, 1.165) is 41.1 Å². The van der Waals surface area contributed by atoms with Crippen molar-refractivity contribution in [2.75, 3.05) is 5.32 Å². The Morgan fingerprint density at radius 1 is 1.21 bits per heavy atom. The van der Waals surface area contributed by atoms with E-state index in [2.05, 4.69) is 22.9 Å². The summed E-state index contributed by atoms with van der Waals surface area (Å²) < 4.78 is 2.22. The van der Waals surface area contributed by atoms with Gasteiger partial charge in [0.05, 0.1) is 23.1 Å². The van der Waals surface area contributed by atoms with Gasteiger partial charge in [0.2, 0.25) is 0 Å². The van der Waals surface area contributed by atoms with Gasteiger partial charge in [0, 0.05) is 12.2 Å². The van der Waals surface area contributed by atoms with Crippen molar-refractivity contribution in [2.24, 2.45) is 0 Å². The highest BCUT2D eigenvalue weighted by atomic mass is 16.4. The minimum absolute atomic E-state index is 0.321. The van der Waals surface area contributed by atoms with Crippen LogP contribution in [-0.2, 0) is 13.1 Å². The van der Waals surface area contributed by atoms with Gasteiger partial charge in [-0.25, -0.2) is 9.78 Å². The fraction of sp³-hybridized carbons (Fsp3) is 0.263. The average molecular weight is 323 g/mol. The van der Waals surface area contributed by atoms with Gasteiger partial charge in [0.1, 0.15) is 5.82 Å².